The van der Waals surface area contributed by atoms with Crippen LogP contribution in [0.15, 0.2) is 42.5 Å². The monoisotopic (exact) mass is 296 g/mol. The number of carbonyl (C=O) groups is 1. The van der Waals surface area contributed by atoms with Gasteiger partial charge in [0.05, 0.1) is 4.92 Å². The zero-order chi connectivity index (χ0) is 15.9. The highest BCUT2D eigenvalue weighted by molar-refractivity contribution is 6.09. The maximum Gasteiger partial charge on any atom is 0.352 e. The first-order chi connectivity index (χ1) is 10.5. The molecular formula is C16H12N2O4. The number of aromatic nitrogens is 1. The number of nitro groups is 1. The highest BCUT2D eigenvalue weighted by atomic mass is 16.6. The number of aromatic carboxylic acids is 1. The minimum Gasteiger partial charge on any atom is -0.477 e. The third-order valence-corrected chi connectivity index (χ3v) is 3.50. The van der Waals surface area contributed by atoms with Crippen LogP contribution in [0.3, 0.4) is 0 Å². The average molecular weight is 296 g/mol. The van der Waals surface area contributed by atoms with E-state index in [1.165, 1.54) is 6.07 Å². The van der Waals surface area contributed by atoms with Crippen LogP contribution >= 0.6 is 0 Å². The van der Waals surface area contributed by atoms with Crippen molar-refractivity contribution in [1.29, 1.82) is 0 Å². The fraction of sp³-hybridized carbons (Fsp3) is 0.0625. The molecule has 0 atom stereocenters. The molecule has 0 saturated carbocycles. The van der Waals surface area contributed by atoms with Gasteiger partial charge in [-0.15, -0.1) is 0 Å². The molecule has 6 nitrogen and oxygen atoms in total. The summed E-state index contributed by atoms with van der Waals surface area (Å²) < 4.78 is 0. The molecule has 0 radical (unpaired) electrons. The second kappa shape index (κ2) is 5.00. The molecule has 0 fully saturated rings. The summed E-state index contributed by atoms with van der Waals surface area (Å²) in [5.74, 6) is -1.15. The van der Waals surface area contributed by atoms with Gasteiger partial charge in [0, 0.05) is 17.0 Å². The Hall–Kier alpha value is -3.15. The van der Waals surface area contributed by atoms with Crippen molar-refractivity contribution in [2.75, 3.05) is 0 Å². The normalized spacial score (nSPS) is 10.8. The Morgan fingerprint density at radius 3 is 2.50 bits per heavy atom. The van der Waals surface area contributed by atoms with Crippen molar-refractivity contribution in [2.24, 2.45) is 0 Å². The number of rotatable bonds is 3. The van der Waals surface area contributed by atoms with Gasteiger partial charge in [-0.2, -0.15) is 0 Å². The number of nitro benzene ring substituents is 1. The molecule has 3 aromatic rings. The largest absolute Gasteiger partial charge is 0.477 e. The van der Waals surface area contributed by atoms with Gasteiger partial charge in [-0.05, 0) is 24.1 Å². The summed E-state index contributed by atoms with van der Waals surface area (Å²) in [6.07, 6.45) is 0. The predicted octanol–water partition coefficient (Wildman–Crippen LogP) is 3.75. The molecule has 0 spiro atoms. The summed E-state index contributed by atoms with van der Waals surface area (Å²) in [6.45, 7) is 1.74. The summed E-state index contributed by atoms with van der Waals surface area (Å²) in [6, 6.07) is 12.2. The number of carboxylic acids is 1. The van der Waals surface area contributed by atoms with Crippen molar-refractivity contribution in [3.63, 3.8) is 0 Å². The van der Waals surface area contributed by atoms with E-state index in [2.05, 4.69) is 4.98 Å². The van der Waals surface area contributed by atoms with Crippen LogP contribution in [0.4, 0.5) is 5.69 Å². The van der Waals surface area contributed by atoms with Crippen LogP contribution < -0.4 is 0 Å². The Bertz CT molecular complexity index is 897. The zero-order valence-corrected chi connectivity index (χ0v) is 11.7. The van der Waals surface area contributed by atoms with Gasteiger partial charge in [-0.3, -0.25) is 10.1 Å². The first-order valence-corrected chi connectivity index (χ1v) is 6.58. The highest BCUT2D eigenvalue weighted by Crippen LogP contribution is 2.37. The van der Waals surface area contributed by atoms with Crippen LogP contribution in [0.5, 0.6) is 0 Å². The van der Waals surface area contributed by atoms with Gasteiger partial charge in [0.1, 0.15) is 11.2 Å². The number of fused-ring (bicyclic) bond motifs is 1. The third-order valence-electron chi connectivity index (χ3n) is 3.50. The molecule has 0 bridgehead atoms. The van der Waals surface area contributed by atoms with Gasteiger partial charge in [-0.1, -0.05) is 30.3 Å². The van der Waals surface area contributed by atoms with Gasteiger partial charge >= 0.3 is 5.97 Å². The van der Waals surface area contributed by atoms with Crippen LogP contribution in [0.2, 0.25) is 0 Å². The molecule has 2 N–H and O–H groups in total. The van der Waals surface area contributed by atoms with Crippen LogP contribution in [-0.2, 0) is 0 Å². The molecule has 0 unspecified atom stereocenters. The molecule has 0 aliphatic heterocycles. The number of carboxylic acid groups (broad SMARTS) is 1. The molecule has 1 heterocycles. The average Bonchev–Trinajstić information content (AvgIpc) is 2.86. The maximum absolute atomic E-state index is 11.5. The van der Waals surface area contributed by atoms with E-state index in [0.29, 0.717) is 22.1 Å². The van der Waals surface area contributed by atoms with Crippen molar-refractivity contribution in [3.8, 4) is 11.1 Å². The summed E-state index contributed by atoms with van der Waals surface area (Å²) in [5, 5.41) is 21.2. The zero-order valence-electron chi connectivity index (χ0n) is 11.7. The first-order valence-electron chi connectivity index (χ1n) is 6.58. The van der Waals surface area contributed by atoms with Crippen molar-refractivity contribution in [2.45, 2.75) is 6.92 Å². The van der Waals surface area contributed by atoms with Crippen LogP contribution in [0.1, 0.15) is 16.1 Å². The van der Waals surface area contributed by atoms with E-state index in [0.717, 1.165) is 0 Å². The molecule has 2 aromatic carbocycles. The minimum absolute atomic E-state index is 0.0464. The van der Waals surface area contributed by atoms with Crippen LogP contribution in [0.25, 0.3) is 22.0 Å². The van der Waals surface area contributed by atoms with Gasteiger partial charge in [0.15, 0.2) is 0 Å². The first kappa shape index (κ1) is 13.8. The molecule has 0 aliphatic rings. The standard InChI is InChI=1S/C16H12N2O4/c1-9-7-11-13(10-5-3-2-4-6-10)15(16(19)20)17-14(11)12(8-9)18(21)22/h2-8,17H,1H3,(H,19,20). The summed E-state index contributed by atoms with van der Waals surface area (Å²) in [7, 11) is 0. The molecule has 3 rings (SSSR count). The SMILES string of the molecule is Cc1cc([N+](=O)[O-])c2[nH]c(C(=O)O)c(-c3ccccc3)c2c1. The number of aromatic amines is 1. The van der Waals surface area contributed by atoms with Gasteiger partial charge < -0.3 is 10.1 Å². The van der Waals surface area contributed by atoms with Gasteiger partial charge in [0.25, 0.3) is 5.69 Å². The fourth-order valence-electron chi connectivity index (χ4n) is 2.63. The van der Waals surface area contributed by atoms with E-state index < -0.39 is 10.9 Å². The molecular weight excluding hydrogens is 284 g/mol. The van der Waals surface area contributed by atoms with E-state index in [1.54, 1.807) is 37.3 Å². The van der Waals surface area contributed by atoms with Crippen LogP contribution in [-0.4, -0.2) is 21.0 Å². The van der Waals surface area contributed by atoms with Gasteiger partial charge in [0.2, 0.25) is 0 Å². The quantitative estimate of drug-likeness (QED) is 0.568. The maximum atomic E-state index is 11.5. The Labute approximate surface area is 125 Å². The Morgan fingerprint density at radius 1 is 1.23 bits per heavy atom. The third kappa shape index (κ3) is 2.10. The van der Waals surface area contributed by atoms with Crippen molar-refractivity contribution in [3.05, 3.63) is 63.8 Å². The predicted molar refractivity (Wildman–Crippen MR) is 82.1 cm³/mol. The number of non-ortho nitro benzene ring substituents is 1. The van der Waals surface area contributed by atoms with E-state index in [4.69, 9.17) is 0 Å². The number of nitrogens with zero attached hydrogens (tertiary/aromatic N) is 1. The lowest BCUT2D eigenvalue weighted by molar-refractivity contribution is -0.383. The van der Waals surface area contributed by atoms with Crippen molar-refractivity contribution in [1.82, 2.24) is 4.98 Å². The summed E-state index contributed by atoms with van der Waals surface area (Å²) in [5.41, 5.74) is 1.93. The van der Waals surface area contributed by atoms with E-state index >= 15 is 0 Å². The van der Waals surface area contributed by atoms with Crippen LogP contribution in [0, 0.1) is 17.0 Å². The van der Waals surface area contributed by atoms with Crippen molar-refractivity contribution >= 4 is 22.6 Å². The minimum atomic E-state index is -1.15. The molecule has 1 aromatic heterocycles. The van der Waals surface area contributed by atoms with E-state index in [-0.39, 0.29) is 16.9 Å². The second-order valence-corrected chi connectivity index (χ2v) is 5.01. The number of nitrogens with one attached hydrogen (secondary N) is 1. The molecule has 22 heavy (non-hydrogen) atoms. The smallest absolute Gasteiger partial charge is 0.352 e. The topological polar surface area (TPSA) is 96.2 Å². The summed E-state index contributed by atoms with van der Waals surface area (Å²) in [4.78, 5) is 25.0. The fourth-order valence-corrected chi connectivity index (χ4v) is 2.63. The molecule has 0 saturated heterocycles. The van der Waals surface area contributed by atoms with E-state index in [9.17, 15) is 20.0 Å². The van der Waals surface area contributed by atoms with Crippen molar-refractivity contribution < 1.29 is 14.8 Å². The lowest BCUT2D eigenvalue weighted by atomic mass is 10.0. The highest BCUT2D eigenvalue weighted by Gasteiger charge is 2.24. The lowest BCUT2D eigenvalue weighted by Crippen LogP contribution is -1.98. The second-order valence-electron chi connectivity index (χ2n) is 5.01. The number of hydrogen-bond donors (Lipinski definition) is 2. The number of benzene rings is 2. The summed E-state index contributed by atoms with van der Waals surface area (Å²) >= 11 is 0. The van der Waals surface area contributed by atoms with E-state index in [1.807, 2.05) is 6.07 Å². The van der Waals surface area contributed by atoms with Gasteiger partial charge in [-0.25, -0.2) is 4.79 Å². The molecule has 0 amide bonds. The number of H-pyrrole nitrogens is 1. The number of aryl methyl sites for hydroxylation is 1. The molecule has 0 aliphatic carbocycles. The Kier molecular flexibility index (Phi) is 3.14. The molecule has 6 heteroatoms. The molecule has 110 valence electrons. The lowest BCUT2D eigenvalue weighted by Gasteiger charge is -2.02. The number of hydrogen-bond acceptors (Lipinski definition) is 3. The Morgan fingerprint density at radius 2 is 1.91 bits per heavy atom. The Balaban J connectivity index is 2.46.